The molecule has 7 heterocycles. The van der Waals surface area contributed by atoms with Crippen molar-refractivity contribution in [3.8, 4) is 11.6 Å². The van der Waals surface area contributed by atoms with Crippen LogP contribution in [0.5, 0.6) is 11.6 Å². The van der Waals surface area contributed by atoms with Crippen LogP contribution in [0.25, 0.3) is 0 Å². The minimum absolute atomic E-state index is 0.0915. The molecule has 0 spiro atoms. The topological polar surface area (TPSA) is 77.5 Å². The third kappa shape index (κ3) is 4.95. The molecule has 5 aliphatic rings. The summed E-state index contributed by atoms with van der Waals surface area (Å²) in [7, 11) is 4.30. The van der Waals surface area contributed by atoms with Crippen LogP contribution in [0, 0.1) is 0 Å². The molecule has 0 bridgehead atoms. The van der Waals surface area contributed by atoms with Crippen molar-refractivity contribution >= 4 is 23.0 Å². The summed E-state index contributed by atoms with van der Waals surface area (Å²) in [5.74, 6) is -0.310. The first-order valence-corrected chi connectivity index (χ1v) is 15.7. The molecule has 1 amide bonds. The van der Waals surface area contributed by atoms with Crippen molar-refractivity contribution in [2.24, 2.45) is 0 Å². The smallest absolute Gasteiger partial charge is 0.282 e. The number of rotatable bonds is 5. The van der Waals surface area contributed by atoms with Gasteiger partial charge in [0, 0.05) is 57.1 Å². The minimum Gasteiger partial charge on any atom is -0.484 e. The number of fused-ring (bicyclic) bond motifs is 6. The molecular formula is C32H42FN7O3. The lowest BCUT2D eigenvalue weighted by atomic mass is 9.96. The molecule has 0 aromatic carbocycles. The van der Waals surface area contributed by atoms with Gasteiger partial charge in [0.2, 0.25) is 5.75 Å². The highest BCUT2D eigenvalue weighted by Crippen LogP contribution is 2.48. The van der Waals surface area contributed by atoms with Gasteiger partial charge in [0.05, 0.1) is 41.0 Å². The van der Waals surface area contributed by atoms with Crippen LogP contribution >= 0.6 is 0 Å². The van der Waals surface area contributed by atoms with Gasteiger partial charge in [-0.15, -0.1) is 0 Å². The van der Waals surface area contributed by atoms with Crippen LogP contribution in [-0.4, -0.2) is 104 Å². The number of hydrogen-bond acceptors (Lipinski definition) is 9. The number of carbonyl (C=O) groups is 1. The third-order valence-corrected chi connectivity index (χ3v) is 9.99. The number of piperazine rings is 1. The Hall–Kier alpha value is -3.60. The van der Waals surface area contributed by atoms with Crippen LogP contribution in [0.4, 0.5) is 21.5 Å². The summed E-state index contributed by atoms with van der Waals surface area (Å²) in [5.41, 5.74) is 6.80. The number of ether oxygens (including phenoxy) is 2. The number of aromatic nitrogens is 2. The van der Waals surface area contributed by atoms with E-state index in [-0.39, 0.29) is 12.1 Å². The van der Waals surface area contributed by atoms with Crippen molar-refractivity contribution in [2.45, 2.75) is 63.7 Å². The fraction of sp³-hybridized carbons (Fsp3) is 0.594. The molecule has 2 aromatic heterocycles. The van der Waals surface area contributed by atoms with E-state index in [1.807, 2.05) is 13.1 Å². The quantitative estimate of drug-likeness (QED) is 0.488. The highest BCUT2D eigenvalue weighted by molar-refractivity contribution is 5.91. The summed E-state index contributed by atoms with van der Waals surface area (Å²) in [6.07, 6.45) is 7.13. The van der Waals surface area contributed by atoms with E-state index in [0.29, 0.717) is 50.5 Å². The lowest BCUT2D eigenvalue weighted by Crippen LogP contribution is -2.62. The highest BCUT2D eigenvalue weighted by Gasteiger charge is 2.43. The van der Waals surface area contributed by atoms with Gasteiger partial charge in [-0.25, -0.2) is 9.37 Å². The molecule has 10 nitrogen and oxygen atoms in total. The van der Waals surface area contributed by atoms with Crippen molar-refractivity contribution in [2.75, 3.05) is 74.7 Å². The third-order valence-electron chi connectivity index (χ3n) is 9.99. The lowest BCUT2D eigenvalue weighted by Gasteiger charge is -2.49. The van der Waals surface area contributed by atoms with Crippen molar-refractivity contribution in [3.63, 3.8) is 0 Å². The van der Waals surface area contributed by atoms with E-state index in [1.165, 1.54) is 23.4 Å². The van der Waals surface area contributed by atoms with Crippen LogP contribution in [0.15, 0.2) is 24.7 Å². The van der Waals surface area contributed by atoms with Crippen LogP contribution in [-0.2, 0) is 24.2 Å². The monoisotopic (exact) mass is 591 g/mol. The van der Waals surface area contributed by atoms with E-state index in [4.69, 9.17) is 19.4 Å². The summed E-state index contributed by atoms with van der Waals surface area (Å²) in [6, 6.07) is 2.21. The maximum atomic E-state index is 13.9. The molecule has 2 aromatic rings. The number of aryl methyl sites for hydroxylation is 1. The molecule has 0 N–H and O–H groups in total. The summed E-state index contributed by atoms with van der Waals surface area (Å²) in [5, 5.41) is 0. The number of likely N-dealkylation sites (tertiary alicyclic amines) is 1. The predicted octanol–water partition coefficient (Wildman–Crippen LogP) is 3.18. The van der Waals surface area contributed by atoms with Gasteiger partial charge in [0.1, 0.15) is 13.2 Å². The van der Waals surface area contributed by atoms with Gasteiger partial charge in [0.25, 0.3) is 11.8 Å². The highest BCUT2D eigenvalue weighted by atomic mass is 19.1. The largest absolute Gasteiger partial charge is 0.484 e. The van der Waals surface area contributed by atoms with E-state index < -0.39 is 11.7 Å². The summed E-state index contributed by atoms with van der Waals surface area (Å²) in [6.45, 7) is 10.7. The van der Waals surface area contributed by atoms with Crippen LogP contribution in [0.1, 0.15) is 43.1 Å². The second-order valence-electron chi connectivity index (χ2n) is 12.8. The Kier molecular flexibility index (Phi) is 7.31. The first-order valence-electron chi connectivity index (χ1n) is 15.7. The predicted molar refractivity (Wildman–Crippen MR) is 164 cm³/mol. The Bertz CT molecular complexity index is 1440. The molecule has 0 unspecified atom stereocenters. The molecule has 0 radical (unpaired) electrons. The van der Waals surface area contributed by atoms with Gasteiger partial charge >= 0.3 is 0 Å². The van der Waals surface area contributed by atoms with Gasteiger partial charge in [-0.1, -0.05) is 6.58 Å². The fourth-order valence-electron chi connectivity index (χ4n) is 7.63. The Morgan fingerprint density at radius 3 is 2.79 bits per heavy atom. The van der Waals surface area contributed by atoms with Crippen molar-refractivity contribution in [1.29, 1.82) is 0 Å². The molecule has 230 valence electrons. The van der Waals surface area contributed by atoms with Gasteiger partial charge in [0.15, 0.2) is 5.83 Å². The van der Waals surface area contributed by atoms with Gasteiger partial charge in [-0.2, -0.15) is 0 Å². The molecule has 2 fully saturated rings. The van der Waals surface area contributed by atoms with Crippen molar-refractivity contribution in [3.05, 3.63) is 41.6 Å². The van der Waals surface area contributed by atoms with Crippen LogP contribution in [0.3, 0.4) is 0 Å². The maximum absolute atomic E-state index is 13.9. The molecular weight excluding hydrogens is 549 g/mol. The summed E-state index contributed by atoms with van der Waals surface area (Å²) in [4.78, 5) is 33.5. The lowest BCUT2D eigenvalue weighted by molar-refractivity contribution is -0.131. The molecule has 2 saturated heterocycles. The summed E-state index contributed by atoms with van der Waals surface area (Å²) < 4.78 is 26.8. The molecule has 0 saturated carbocycles. The number of pyridine rings is 2. The van der Waals surface area contributed by atoms with Gasteiger partial charge in [-0.05, 0) is 58.7 Å². The first-order chi connectivity index (χ1) is 20.8. The molecule has 43 heavy (non-hydrogen) atoms. The van der Waals surface area contributed by atoms with E-state index in [9.17, 15) is 9.18 Å². The maximum Gasteiger partial charge on any atom is 0.282 e. The number of likely N-dealkylation sites (N-methyl/N-ethyl adjacent to an activating group) is 1. The number of anilines is 3. The Labute approximate surface area is 253 Å². The van der Waals surface area contributed by atoms with Gasteiger partial charge < -0.3 is 34.0 Å². The van der Waals surface area contributed by atoms with E-state index in [2.05, 4.69) is 46.3 Å². The number of nitrogens with zero attached hydrogens (tertiary/aromatic N) is 7. The first kappa shape index (κ1) is 28.2. The Morgan fingerprint density at radius 2 is 2.00 bits per heavy atom. The summed E-state index contributed by atoms with van der Waals surface area (Å²) >= 11 is 0. The second-order valence-corrected chi connectivity index (χ2v) is 12.8. The molecule has 0 aliphatic carbocycles. The van der Waals surface area contributed by atoms with Gasteiger partial charge in [-0.3, -0.25) is 9.78 Å². The standard InChI is InChI=1S/C32H42FN7O3/c1-20-15-40-23(16-39(20)32(41)21(2)33)19-42-30-28(40)24-10-14-38(27-9-11-34-25-8-6-13-37(4)29(25)27)17-26(24)35-31(30)43-18-22-7-5-12-36(22)3/h9,11,20,22-23H,2,5-8,10,12-19H2,1,3-4H3/t20-,22+,23-/m1/s1. The van der Waals surface area contributed by atoms with Crippen LogP contribution in [0.2, 0.25) is 0 Å². The van der Waals surface area contributed by atoms with Crippen molar-refractivity contribution in [1.82, 2.24) is 19.8 Å². The number of amides is 1. The SMILES string of the molecule is C=C(F)C(=O)N1C[C@@H]2COc3c(OC[C@@H]4CCCN4C)nc4c(c3N2C[C@H]1C)CCN(c1ccnc2c1N(C)CCC2)C4. The second kappa shape index (κ2) is 11.2. The Balaban J connectivity index is 1.25. The Morgan fingerprint density at radius 1 is 1.14 bits per heavy atom. The molecule has 3 atom stereocenters. The van der Waals surface area contributed by atoms with E-state index in [0.717, 1.165) is 62.4 Å². The zero-order valence-electron chi connectivity index (χ0n) is 25.5. The van der Waals surface area contributed by atoms with Crippen LogP contribution < -0.4 is 24.2 Å². The fourth-order valence-corrected chi connectivity index (χ4v) is 7.63. The average Bonchev–Trinajstić information content (AvgIpc) is 3.42. The number of halogens is 1. The zero-order chi connectivity index (χ0) is 29.8. The molecule has 7 rings (SSSR count). The number of carbonyl (C=O) groups excluding carboxylic acids is 1. The van der Waals surface area contributed by atoms with E-state index >= 15 is 0 Å². The number of hydrogen-bond donors (Lipinski definition) is 0. The van der Waals surface area contributed by atoms with E-state index in [1.54, 1.807) is 4.90 Å². The normalized spacial score (nSPS) is 25.0. The molecule has 11 heteroatoms. The zero-order valence-corrected chi connectivity index (χ0v) is 25.5. The minimum atomic E-state index is -0.921. The van der Waals surface area contributed by atoms with Crippen molar-refractivity contribution < 1.29 is 18.7 Å². The average molecular weight is 592 g/mol. The molecule has 5 aliphatic heterocycles.